The van der Waals surface area contributed by atoms with Gasteiger partial charge in [0.25, 0.3) is 0 Å². The van der Waals surface area contributed by atoms with Gasteiger partial charge in [-0.05, 0) is 13.0 Å². The number of rotatable bonds is 6. The molecule has 0 rings (SSSR count). The molecule has 0 saturated carbocycles. The summed E-state index contributed by atoms with van der Waals surface area (Å²) in [7, 11) is 0. The van der Waals surface area contributed by atoms with Crippen molar-refractivity contribution >= 4 is 0 Å². The van der Waals surface area contributed by atoms with Gasteiger partial charge in [0.2, 0.25) is 0 Å². The van der Waals surface area contributed by atoms with Crippen LogP contribution in [0.4, 0.5) is 0 Å². The van der Waals surface area contributed by atoms with Crippen LogP contribution in [-0.2, 0) is 4.74 Å². The van der Waals surface area contributed by atoms with E-state index in [0.717, 1.165) is 32.7 Å². The van der Waals surface area contributed by atoms with Crippen LogP contribution in [0.25, 0.3) is 0 Å². The molecule has 1 N–H and O–H groups in total. The van der Waals surface area contributed by atoms with Crippen LogP contribution >= 0.6 is 0 Å². The van der Waals surface area contributed by atoms with Crippen LogP contribution in [0.1, 0.15) is 20.3 Å². The van der Waals surface area contributed by atoms with Crippen molar-refractivity contribution in [3.63, 3.8) is 0 Å². The van der Waals surface area contributed by atoms with Crippen molar-refractivity contribution in [2.24, 2.45) is 0 Å². The Hall–Kier alpha value is -0.0800. The van der Waals surface area contributed by atoms with Crippen molar-refractivity contribution in [2.45, 2.75) is 20.3 Å². The SMILES string of the molecule is CCCOCCNCC. The third-order valence-corrected chi connectivity index (χ3v) is 1.02. The van der Waals surface area contributed by atoms with Crippen LogP contribution in [0.2, 0.25) is 0 Å². The molecule has 0 aliphatic carbocycles. The lowest BCUT2D eigenvalue weighted by Crippen LogP contribution is -2.18. The molecular formula is C7H17NO. The Balaban J connectivity index is 2.60. The molecule has 0 fully saturated rings. The molecule has 56 valence electrons. The molecule has 0 aromatic heterocycles. The van der Waals surface area contributed by atoms with E-state index in [0.29, 0.717) is 0 Å². The van der Waals surface area contributed by atoms with Crippen LogP contribution in [0.5, 0.6) is 0 Å². The number of ether oxygens (including phenoxy) is 1. The van der Waals surface area contributed by atoms with Gasteiger partial charge in [-0.15, -0.1) is 0 Å². The Morgan fingerprint density at radius 2 is 2.00 bits per heavy atom. The van der Waals surface area contributed by atoms with Crippen LogP contribution in [0.15, 0.2) is 0 Å². The van der Waals surface area contributed by atoms with E-state index in [2.05, 4.69) is 19.2 Å². The average molecular weight is 131 g/mol. The molecule has 0 heterocycles. The molecule has 0 radical (unpaired) electrons. The van der Waals surface area contributed by atoms with Crippen LogP contribution in [-0.4, -0.2) is 26.3 Å². The summed E-state index contributed by atoms with van der Waals surface area (Å²) in [4.78, 5) is 0. The van der Waals surface area contributed by atoms with Gasteiger partial charge in [0.15, 0.2) is 0 Å². The largest absolute Gasteiger partial charge is 0.380 e. The molecule has 0 aliphatic heterocycles. The van der Waals surface area contributed by atoms with Gasteiger partial charge < -0.3 is 10.1 Å². The maximum atomic E-state index is 5.22. The molecule has 0 amide bonds. The second-order valence-corrected chi connectivity index (χ2v) is 1.97. The van der Waals surface area contributed by atoms with E-state index in [1.54, 1.807) is 0 Å². The minimum absolute atomic E-state index is 0.849. The van der Waals surface area contributed by atoms with Crippen molar-refractivity contribution < 1.29 is 4.74 Å². The first-order chi connectivity index (χ1) is 4.41. The van der Waals surface area contributed by atoms with Crippen LogP contribution in [0, 0.1) is 0 Å². The molecule has 9 heavy (non-hydrogen) atoms. The summed E-state index contributed by atoms with van der Waals surface area (Å²) in [5, 5.41) is 3.18. The van der Waals surface area contributed by atoms with Crippen molar-refractivity contribution in [2.75, 3.05) is 26.3 Å². The van der Waals surface area contributed by atoms with Crippen molar-refractivity contribution in [3.05, 3.63) is 0 Å². The normalized spacial score (nSPS) is 10.0. The zero-order valence-electron chi connectivity index (χ0n) is 6.44. The highest BCUT2D eigenvalue weighted by Crippen LogP contribution is 1.77. The molecule has 0 spiro atoms. The van der Waals surface area contributed by atoms with Gasteiger partial charge in [0.1, 0.15) is 0 Å². The van der Waals surface area contributed by atoms with Crippen LogP contribution in [0.3, 0.4) is 0 Å². The molecule has 0 aromatic carbocycles. The minimum Gasteiger partial charge on any atom is -0.380 e. The highest BCUT2D eigenvalue weighted by atomic mass is 16.5. The predicted octanol–water partition coefficient (Wildman–Crippen LogP) is 1.02. The topological polar surface area (TPSA) is 21.3 Å². The van der Waals surface area contributed by atoms with E-state index in [4.69, 9.17) is 4.74 Å². The number of hydrogen-bond donors (Lipinski definition) is 1. The van der Waals surface area contributed by atoms with E-state index < -0.39 is 0 Å². The van der Waals surface area contributed by atoms with Crippen molar-refractivity contribution in [1.82, 2.24) is 5.32 Å². The van der Waals surface area contributed by atoms with E-state index in [1.807, 2.05) is 0 Å². The van der Waals surface area contributed by atoms with Gasteiger partial charge in [-0.3, -0.25) is 0 Å². The van der Waals surface area contributed by atoms with E-state index in [1.165, 1.54) is 0 Å². The van der Waals surface area contributed by atoms with Gasteiger partial charge in [-0.25, -0.2) is 0 Å². The molecule has 2 nitrogen and oxygen atoms in total. The van der Waals surface area contributed by atoms with Gasteiger partial charge in [-0.1, -0.05) is 13.8 Å². The smallest absolute Gasteiger partial charge is 0.0590 e. The first-order valence-electron chi connectivity index (χ1n) is 3.70. The van der Waals surface area contributed by atoms with Crippen molar-refractivity contribution in [1.29, 1.82) is 0 Å². The predicted molar refractivity (Wildman–Crippen MR) is 39.7 cm³/mol. The van der Waals surface area contributed by atoms with Gasteiger partial charge in [-0.2, -0.15) is 0 Å². The summed E-state index contributed by atoms with van der Waals surface area (Å²) in [6.45, 7) is 7.98. The number of hydrogen-bond acceptors (Lipinski definition) is 2. The lowest BCUT2D eigenvalue weighted by molar-refractivity contribution is 0.137. The Morgan fingerprint density at radius 1 is 1.22 bits per heavy atom. The quantitative estimate of drug-likeness (QED) is 0.543. The second kappa shape index (κ2) is 7.92. The third kappa shape index (κ3) is 7.92. The lowest BCUT2D eigenvalue weighted by atomic mass is 10.5. The highest BCUT2D eigenvalue weighted by Gasteiger charge is 1.82. The van der Waals surface area contributed by atoms with Crippen molar-refractivity contribution in [3.8, 4) is 0 Å². The Morgan fingerprint density at radius 3 is 2.56 bits per heavy atom. The lowest BCUT2D eigenvalue weighted by Gasteiger charge is -2.01. The van der Waals surface area contributed by atoms with E-state index in [-0.39, 0.29) is 0 Å². The highest BCUT2D eigenvalue weighted by molar-refractivity contribution is 4.39. The zero-order chi connectivity index (χ0) is 6.95. The molecule has 2 heteroatoms. The standard InChI is InChI=1S/C7H17NO/c1-3-6-9-7-5-8-4-2/h8H,3-7H2,1-2H3. The Kier molecular flexibility index (Phi) is 7.85. The molecule has 0 aromatic rings. The summed E-state index contributed by atoms with van der Waals surface area (Å²) in [5.74, 6) is 0. The van der Waals surface area contributed by atoms with E-state index in [9.17, 15) is 0 Å². The first kappa shape index (κ1) is 8.92. The Bertz CT molecular complexity index is 42.2. The molecular weight excluding hydrogens is 114 g/mol. The van der Waals surface area contributed by atoms with Gasteiger partial charge in [0, 0.05) is 13.2 Å². The van der Waals surface area contributed by atoms with Gasteiger partial charge >= 0.3 is 0 Å². The average Bonchev–Trinajstić information content (AvgIpc) is 1.89. The Labute approximate surface area is 57.6 Å². The summed E-state index contributed by atoms with van der Waals surface area (Å²) in [6.07, 6.45) is 1.12. The minimum atomic E-state index is 0.849. The monoisotopic (exact) mass is 131 g/mol. The summed E-state index contributed by atoms with van der Waals surface area (Å²) in [6, 6.07) is 0. The van der Waals surface area contributed by atoms with Gasteiger partial charge in [0.05, 0.1) is 6.61 Å². The maximum Gasteiger partial charge on any atom is 0.0590 e. The first-order valence-corrected chi connectivity index (χ1v) is 3.70. The molecule has 0 bridgehead atoms. The summed E-state index contributed by atoms with van der Waals surface area (Å²) in [5.41, 5.74) is 0. The molecule has 0 saturated heterocycles. The molecule has 0 atom stereocenters. The number of nitrogens with one attached hydrogen (secondary N) is 1. The van der Waals surface area contributed by atoms with E-state index >= 15 is 0 Å². The number of likely N-dealkylation sites (N-methyl/N-ethyl adjacent to an activating group) is 1. The maximum absolute atomic E-state index is 5.22. The summed E-state index contributed by atoms with van der Waals surface area (Å²) >= 11 is 0. The molecule has 0 aliphatic rings. The fourth-order valence-corrected chi connectivity index (χ4v) is 0.568. The second-order valence-electron chi connectivity index (χ2n) is 1.97. The summed E-state index contributed by atoms with van der Waals surface area (Å²) < 4.78 is 5.22. The molecule has 0 unspecified atom stereocenters. The van der Waals surface area contributed by atoms with Crippen LogP contribution < -0.4 is 5.32 Å². The fourth-order valence-electron chi connectivity index (χ4n) is 0.568. The third-order valence-electron chi connectivity index (χ3n) is 1.02. The fraction of sp³-hybridized carbons (Fsp3) is 1.00. The zero-order valence-corrected chi connectivity index (χ0v) is 6.44.